The first-order valence-corrected chi connectivity index (χ1v) is 0. The smallest absolute Gasteiger partial charge is 0 e. The Hall–Kier alpha value is 0.618. The fraction of sp³-hybridized carbons (Fsp3) is 0. The predicted molar refractivity (Wildman–Crippen MR) is 23.8 cm³/mol. The first kappa shape index (κ1) is 547. The van der Waals surface area contributed by atoms with E-state index in [0.29, 0.717) is 0 Å². The van der Waals surface area contributed by atoms with Gasteiger partial charge < -0.3 is 27.4 Å². The fourth-order valence-electron chi connectivity index (χ4n) is 0. The monoisotopic (exact) mass is 211 g/mol. The van der Waals surface area contributed by atoms with Crippen molar-refractivity contribution in [3.05, 3.63) is 0 Å². The molecule has 10 N–H and O–H groups in total. The molecule has 0 atom stereocenters. The Bertz CT molecular complexity index is 3.90. The minimum absolute atomic E-state index is 0. The summed E-state index contributed by atoms with van der Waals surface area (Å²) >= 11 is 0. The van der Waals surface area contributed by atoms with Gasteiger partial charge in [0.15, 0.2) is 0 Å². The Kier molecular flexibility index (Phi) is 28600. The molecule has 3 radical (unpaired) electrons. The van der Waals surface area contributed by atoms with Gasteiger partial charge in [-0.2, -0.15) is 0 Å². The molecule has 0 aliphatic heterocycles. The second kappa shape index (κ2) is 314. The van der Waals surface area contributed by atoms with Crippen LogP contribution >= 0.6 is 0 Å². The Morgan fingerprint density at radius 2 is 0.333 bits per heavy atom. The first-order valence-electron chi connectivity index (χ1n) is 0. The van der Waals surface area contributed by atoms with Gasteiger partial charge in [0.2, 0.25) is 0 Å². The van der Waals surface area contributed by atoms with E-state index in [1.807, 2.05) is 0 Å². The van der Waals surface area contributed by atoms with Gasteiger partial charge in [0.25, 0.3) is 0 Å². The second-order valence-electron chi connectivity index (χ2n) is 0. The van der Waals surface area contributed by atoms with E-state index in [2.05, 4.69) is 0 Å². The molecule has 0 spiro atoms. The molecule has 0 aromatic carbocycles. The molecular weight excluding hydrogens is 202 g/mol. The number of hydrogen-bond donors (Lipinski definition) is 0. The third-order valence-corrected chi connectivity index (χ3v) is 0. The van der Waals surface area contributed by atoms with Crippen molar-refractivity contribution in [2.45, 2.75) is 0 Å². The molecule has 6 heteroatoms. The topological polar surface area (TPSA) is 158 Å². The SMILES string of the molecule is O.O.O.O.O.[Sb]. The molecule has 0 saturated carbocycles. The van der Waals surface area contributed by atoms with Crippen LogP contribution in [0.1, 0.15) is 0 Å². The minimum atomic E-state index is 0. The molecule has 5 nitrogen and oxygen atoms in total. The molecule has 6 heavy (non-hydrogen) atoms. The quantitative estimate of drug-likeness (QED) is 0.354. The van der Waals surface area contributed by atoms with E-state index in [1.54, 1.807) is 0 Å². The van der Waals surface area contributed by atoms with Crippen molar-refractivity contribution in [3.63, 3.8) is 0 Å². The summed E-state index contributed by atoms with van der Waals surface area (Å²) < 4.78 is 0. The van der Waals surface area contributed by atoms with Gasteiger partial charge in [0.1, 0.15) is 0 Å². The maximum atomic E-state index is 0. The molecule has 0 aromatic heterocycles. The van der Waals surface area contributed by atoms with Crippen LogP contribution in [-0.4, -0.2) is 51.8 Å². The average molecular weight is 212 g/mol. The molecule has 0 unspecified atom stereocenters. The van der Waals surface area contributed by atoms with Gasteiger partial charge in [-0.3, -0.25) is 0 Å². The normalized spacial score (nSPS) is 0. The summed E-state index contributed by atoms with van der Waals surface area (Å²) in [5.74, 6) is 0. The van der Waals surface area contributed by atoms with Crippen LogP contribution in [0.4, 0.5) is 0 Å². The van der Waals surface area contributed by atoms with Crippen molar-refractivity contribution in [3.8, 4) is 0 Å². The van der Waals surface area contributed by atoms with Gasteiger partial charge in [-0.1, -0.05) is 0 Å². The Morgan fingerprint density at radius 3 is 0.333 bits per heavy atom. The summed E-state index contributed by atoms with van der Waals surface area (Å²) in [5.41, 5.74) is 0. The molecule has 0 saturated heterocycles. The number of hydrogen-bond acceptors (Lipinski definition) is 0. The third-order valence-electron chi connectivity index (χ3n) is 0. The van der Waals surface area contributed by atoms with Crippen LogP contribution in [0, 0.1) is 0 Å². The van der Waals surface area contributed by atoms with E-state index in [1.165, 1.54) is 0 Å². The maximum absolute atomic E-state index is 0. The Balaban J connectivity index is 0. The summed E-state index contributed by atoms with van der Waals surface area (Å²) in [4.78, 5) is 0. The molecule has 45 valence electrons. The van der Waals surface area contributed by atoms with Gasteiger partial charge in [-0.05, 0) is 0 Å². The third kappa shape index (κ3) is 158. The summed E-state index contributed by atoms with van der Waals surface area (Å²) in [5, 5.41) is 0. The van der Waals surface area contributed by atoms with Crippen LogP contribution < -0.4 is 0 Å². The minimum Gasteiger partial charge on any atom is -0.412 e. The van der Waals surface area contributed by atoms with Crippen LogP contribution in [0.3, 0.4) is 0 Å². The molecule has 0 aliphatic rings. The standard InChI is InChI=1S/5H2O.Sb/h5*1H2;. The zero-order chi connectivity index (χ0) is 0. The summed E-state index contributed by atoms with van der Waals surface area (Å²) in [7, 11) is 0. The molecule has 0 aromatic rings. The van der Waals surface area contributed by atoms with Crippen LogP contribution in [0.25, 0.3) is 0 Å². The molecular formula is H10O5Sb. The molecule has 0 amide bonds. The Morgan fingerprint density at radius 1 is 0.333 bits per heavy atom. The molecule has 0 aliphatic carbocycles. The second-order valence-corrected chi connectivity index (χ2v) is 0. The van der Waals surface area contributed by atoms with Crippen molar-refractivity contribution >= 4 is 24.4 Å². The van der Waals surface area contributed by atoms with E-state index in [0.717, 1.165) is 0 Å². The van der Waals surface area contributed by atoms with Crippen molar-refractivity contribution < 1.29 is 27.4 Å². The van der Waals surface area contributed by atoms with Gasteiger partial charge in [0, 0.05) is 24.4 Å². The molecule has 0 rings (SSSR count). The molecule has 0 bridgehead atoms. The van der Waals surface area contributed by atoms with Gasteiger partial charge in [-0.25, -0.2) is 0 Å². The predicted octanol–water partition coefficient (Wildman–Crippen LogP) is -4.50. The van der Waals surface area contributed by atoms with E-state index >= 15 is 0 Å². The first-order chi connectivity index (χ1) is 0. The maximum Gasteiger partial charge on any atom is 0 e. The van der Waals surface area contributed by atoms with Crippen LogP contribution in [0.15, 0.2) is 0 Å². The van der Waals surface area contributed by atoms with Crippen molar-refractivity contribution in [1.82, 2.24) is 0 Å². The van der Waals surface area contributed by atoms with E-state index in [9.17, 15) is 0 Å². The fourth-order valence-corrected chi connectivity index (χ4v) is 0. The van der Waals surface area contributed by atoms with E-state index < -0.39 is 0 Å². The largest absolute Gasteiger partial charge is 0.412 e. The zero-order valence-electron chi connectivity index (χ0n) is 2.95. The van der Waals surface area contributed by atoms with Gasteiger partial charge >= 0.3 is 0 Å². The Labute approximate surface area is 52.3 Å². The summed E-state index contributed by atoms with van der Waals surface area (Å²) in [6.45, 7) is 0. The zero-order valence-corrected chi connectivity index (χ0v) is 5.50. The average Bonchev–Trinajstić information content (AvgIpc) is 0. The molecule has 0 heterocycles. The summed E-state index contributed by atoms with van der Waals surface area (Å²) in [6, 6.07) is 0. The van der Waals surface area contributed by atoms with E-state index in [4.69, 9.17) is 0 Å². The van der Waals surface area contributed by atoms with Crippen LogP contribution in [0.5, 0.6) is 0 Å². The van der Waals surface area contributed by atoms with Gasteiger partial charge in [-0.15, -0.1) is 0 Å². The van der Waals surface area contributed by atoms with E-state index in [-0.39, 0.29) is 51.8 Å². The molecule has 0 fully saturated rings. The van der Waals surface area contributed by atoms with Crippen molar-refractivity contribution in [1.29, 1.82) is 0 Å². The van der Waals surface area contributed by atoms with Crippen molar-refractivity contribution in [2.75, 3.05) is 0 Å². The van der Waals surface area contributed by atoms with Gasteiger partial charge in [0.05, 0.1) is 0 Å². The summed E-state index contributed by atoms with van der Waals surface area (Å²) in [6.07, 6.45) is 0. The van der Waals surface area contributed by atoms with Crippen molar-refractivity contribution in [2.24, 2.45) is 0 Å². The van der Waals surface area contributed by atoms with Crippen LogP contribution in [0.2, 0.25) is 0 Å². The van der Waals surface area contributed by atoms with Crippen LogP contribution in [-0.2, 0) is 0 Å². The number of rotatable bonds is 0.